The van der Waals surface area contributed by atoms with Crippen molar-refractivity contribution < 1.29 is 9.59 Å². The molecule has 5 heteroatoms. The fraction of sp³-hybridized carbons (Fsp3) is 0.500. The van der Waals surface area contributed by atoms with Crippen LogP contribution in [0, 0.1) is 0 Å². The van der Waals surface area contributed by atoms with E-state index in [9.17, 15) is 9.59 Å². The molecule has 2 rings (SSSR count). The van der Waals surface area contributed by atoms with E-state index in [1.165, 1.54) is 19.3 Å². The molecule has 0 atom stereocenters. The summed E-state index contributed by atoms with van der Waals surface area (Å²) in [5.41, 5.74) is 1.40. The van der Waals surface area contributed by atoms with Gasteiger partial charge in [0.15, 0.2) is 0 Å². The number of hydrogen-bond acceptors (Lipinski definition) is 3. The lowest BCUT2D eigenvalue weighted by molar-refractivity contribution is -0.118. The molecule has 1 fully saturated rings. The van der Waals surface area contributed by atoms with E-state index in [0.717, 1.165) is 18.5 Å². The molecule has 2 amide bonds. The molecule has 114 valence electrons. The first kappa shape index (κ1) is 15.4. The molecular weight excluding hydrogens is 266 g/mol. The highest BCUT2D eigenvalue weighted by molar-refractivity contribution is 5.95. The van der Waals surface area contributed by atoms with E-state index in [1.54, 1.807) is 19.2 Å². The lowest BCUT2D eigenvalue weighted by atomic mass is 9.95. The molecule has 3 N–H and O–H groups in total. The fourth-order valence-electron chi connectivity index (χ4n) is 2.56. The first-order valence-corrected chi connectivity index (χ1v) is 7.54. The summed E-state index contributed by atoms with van der Waals surface area (Å²) in [5, 5.41) is 8.64. The van der Waals surface area contributed by atoms with Crippen LogP contribution in [0.3, 0.4) is 0 Å². The van der Waals surface area contributed by atoms with Crippen LogP contribution in [0.2, 0.25) is 0 Å². The van der Waals surface area contributed by atoms with Gasteiger partial charge >= 0.3 is 0 Å². The molecule has 0 bridgehead atoms. The Morgan fingerprint density at radius 2 is 1.95 bits per heavy atom. The minimum absolute atomic E-state index is 0.0366. The van der Waals surface area contributed by atoms with Crippen LogP contribution < -0.4 is 16.0 Å². The number of likely N-dealkylation sites (N-methyl/N-ethyl adjacent to an activating group) is 1. The maximum absolute atomic E-state index is 12.2. The van der Waals surface area contributed by atoms with Gasteiger partial charge in [-0.2, -0.15) is 0 Å². The van der Waals surface area contributed by atoms with Crippen molar-refractivity contribution in [3.8, 4) is 0 Å². The van der Waals surface area contributed by atoms with E-state index in [4.69, 9.17) is 0 Å². The Morgan fingerprint density at radius 1 is 1.19 bits per heavy atom. The Hall–Kier alpha value is -2.04. The van der Waals surface area contributed by atoms with Crippen molar-refractivity contribution in [2.75, 3.05) is 18.9 Å². The van der Waals surface area contributed by atoms with E-state index in [2.05, 4.69) is 16.0 Å². The third-order valence-electron chi connectivity index (χ3n) is 3.80. The Bertz CT molecular complexity index is 496. The molecule has 1 saturated carbocycles. The number of carbonyl (C=O) groups is 2. The van der Waals surface area contributed by atoms with Gasteiger partial charge in [0.05, 0.1) is 6.54 Å². The largest absolute Gasteiger partial charge is 0.376 e. The van der Waals surface area contributed by atoms with Crippen LogP contribution in [0.15, 0.2) is 24.3 Å². The van der Waals surface area contributed by atoms with Crippen LogP contribution in [0.4, 0.5) is 5.69 Å². The highest BCUT2D eigenvalue weighted by Gasteiger charge is 2.16. The summed E-state index contributed by atoms with van der Waals surface area (Å²) in [5.74, 6) is -0.127. The minimum Gasteiger partial charge on any atom is -0.376 e. The SMILES string of the molecule is CNC(=O)CNc1cccc(C(=O)NC2CCCCC2)c1. The second kappa shape index (κ2) is 7.67. The van der Waals surface area contributed by atoms with Gasteiger partial charge in [0.1, 0.15) is 0 Å². The molecular formula is C16H23N3O2. The molecule has 21 heavy (non-hydrogen) atoms. The van der Waals surface area contributed by atoms with E-state index < -0.39 is 0 Å². The Labute approximate surface area is 125 Å². The van der Waals surface area contributed by atoms with Crippen LogP contribution in [-0.4, -0.2) is 31.4 Å². The molecule has 0 heterocycles. The van der Waals surface area contributed by atoms with E-state index >= 15 is 0 Å². The molecule has 0 radical (unpaired) electrons. The van der Waals surface area contributed by atoms with Gasteiger partial charge in [-0.1, -0.05) is 25.3 Å². The Morgan fingerprint density at radius 3 is 2.67 bits per heavy atom. The smallest absolute Gasteiger partial charge is 0.251 e. The molecule has 0 spiro atoms. The van der Waals surface area contributed by atoms with Crippen molar-refractivity contribution in [1.29, 1.82) is 0 Å². The summed E-state index contributed by atoms with van der Waals surface area (Å²) in [7, 11) is 1.60. The zero-order chi connectivity index (χ0) is 15.1. The normalized spacial score (nSPS) is 15.3. The van der Waals surface area contributed by atoms with Gasteiger partial charge in [-0.05, 0) is 31.0 Å². The predicted octanol–water partition coefficient (Wildman–Crippen LogP) is 1.91. The van der Waals surface area contributed by atoms with Crippen LogP contribution in [-0.2, 0) is 4.79 Å². The van der Waals surface area contributed by atoms with Crippen LogP contribution in [0.1, 0.15) is 42.5 Å². The van der Waals surface area contributed by atoms with E-state index in [-0.39, 0.29) is 18.4 Å². The predicted molar refractivity (Wildman–Crippen MR) is 83.3 cm³/mol. The average molecular weight is 289 g/mol. The quantitative estimate of drug-likeness (QED) is 0.775. The fourth-order valence-corrected chi connectivity index (χ4v) is 2.56. The van der Waals surface area contributed by atoms with Gasteiger partial charge in [-0.15, -0.1) is 0 Å². The molecule has 1 aromatic carbocycles. The summed E-state index contributed by atoms with van der Waals surface area (Å²) in [6.45, 7) is 0.199. The molecule has 5 nitrogen and oxygen atoms in total. The number of nitrogens with one attached hydrogen (secondary N) is 3. The maximum Gasteiger partial charge on any atom is 0.251 e. The Kier molecular flexibility index (Phi) is 5.60. The third kappa shape index (κ3) is 4.77. The minimum atomic E-state index is -0.0907. The first-order valence-electron chi connectivity index (χ1n) is 7.54. The molecule has 0 unspecified atom stereocenters. The van der Waals surface area contributed by atoms with Gasteiger partial charge in [-0.3, -0.25) is 9.59 Å². The molecule has 0 aliphatic heterocycles. The van der Waals surface area contributed by atoms with Crippen LogP contribution in [0.25, 0.3) is 0 Å². The topological polar surface area (TPSA) is 70.2 Å². The maximum atomic E-state index is 12.2. The second-order valence-electron chi connectivity index (χ2n) is 5.42. The highest BCUT2D eigenvalue weighted by atomic mass is 16.2. The van der Waals surface area contributed by atoms with Crippen molar-refractivity contribution in [3.63, 3.8) is 0 Å². The lowest BCUT2D eigenvalue weighted by Crippen LogP contribution is -2.36. The van der Waals surface area contributed by atoms with Gasteiger partial charge in [-0.25, -0.2) is 0 Å². The summed E-state index contributed by atoms with van der Waals surface area (Å²) < 4.78 is 0. The third-order valence-corrected chi connectivity index (χ3v) is 3.80. The number of amides is 2. The van der Waals surface area contributed by atoms with Crippen LogP contribution in [0.5, 0.6) is 0 Å². The van der Waals surface area contributed by atoms with Crippen molar-refractivity contribution in [3.05, 3.63) is 29.8 Å². The van der Waals surface area contributed by atoms with Crippen molar-refractivity contribution in [2.24, 2.45) is 0 Å². The average Bonchev–Trinajstić information content (AvgIpc) is 2.53. The van der Waals surface area contributed by atoms with Gasteiger partial charge in [0, 0.05) is 24.3 Å². The van der Waals surface area contributed by atoms with Gasteiger partial charge < -0.3 is 16.0 Å². The zero-order valence-corrected chi connectivity index (χ0v) is 12.4. The molecule has 0 aromatic heterocycles. The number of anilines is 1. The van der Waals surface area contributed by atoms with Crippen molar-refractivity contribution in [1.82, 2.24) is 10.6 Å². The summed E-state index contributed by atoms with van der Waals surface area (Å²) in [6, 6.07) is 7.54. The first-order chi connectivity index (χ1) is 10.2. The molecule has 1 aliphatic carbocycles. The lowest BCUT2D eigenvalue weighted by Gasteiger charge is -2.22. The molecule has 1 aromatic rings. The number of hydrogen-bond donors (Lipinski definition) is 3. The highest BCUT2D eigenvalue weighted by Crippen LogP contribution is 2.18. The summed E-state index contributed by atoms with van der Waals surface area (Å²) in [4.78, 5) is 23.5. The van der Waals surface area contributed by atoms with Gasteiger partial charge in [0.2, 0.25) is 5.91 Å². The molecule has 1 aliphatic rings. The number of rotatable bonds is 5. The van der Waals surface area contributed by atoms with Crippen LogP contribution >= 0.6 is 0 Å². The Balaban J connectivity index is 1.92. The second-order valence-corrected chi connectivity index (χ2v) is 5.42. The van der Waals surface area contributed by atoms with E-state index in [1.807, 2.05) is 12.1 Å². The monoisotopic (exact) mass is 289 g/mol. The van der Waals surface area contributed by atoms with Crippen molar-refractivity contribution in [2.45, 2.75) is 38.1 Å². The number of carbonyl (C=O) groups excluding carboxylic acids is 2. The van der Waals surface area contributed by atoms with Gasteiger partial charge in [0.25, 0.3) is 5.91 Å². The molecule has 0 saturated heterocycles. The summed E-state index contributed by atoms with van der Waals surface area (Å²) in [6.07, 6.45) is 5.79. The number of benzene rings is 1. The zero-order valence-electron chi connectivity index (χ0n) is 12.4. The standard InChI is InChI=1S/C16H23N3O2/c1-17-15(20)11-18-14-9-5-6-12(10-14)16(21)19-13-7-3-2-4-8-13/h5-6,9-10,13,18H,2-4,7-8,11H2,1H3,(H,17,20)(H,19,21). The summed E-state index contributed by atoms with van der Waals surface area (Å²) >= 11 is 0. The van der Waals surface area contributed by atoms with Crippen molar-refractivity contribution >= 4 is 17.5 Å². The van der Waals surface area contributed by atoms with E-state index in [0.29, 0.717) is 11.6 Å².